The third-order valence-electron chi connectivity index (χ3n) is 3.62. The zero-order valence-electron chi connectivity index (χ0n) is 11.3. The number of aromatic nitrogens is 2. The maximum Gasteiger partial charge on any atom is 0.257 e. The third-order valence-corrected chi connectivity index (χ3v) is 3.62. The van der Waals surface area contributed by atoms with Gasteiger partial charge in [0, 0.05) is 38.6 Å². The molecule has 0 saturated carbocycles. The van der Waals surface area contributed by atoms with Crippen LogP contribution < -0.4 is 0 Å². The third kappa shape index (κ3) is 2.21. The Morgan fingerprint density at radius 2 is 2.00 bits per heavy atom. The first-order valence-corrected chi connectivity index (χ1v) is 6.57. The summed E-state index contributed by atoms with van der Waals surface area (Å²) >= 11 is 0. The van der Waals surface area contributed by atoms with Crippen LogP contribution in [0.3, 0.4) is 0 Å². The molecule has 2 aromatic heterocycles. The first-order chi connectivity index (χ1) is 9.15. The van der Waals surface area contributed by atoms with E-state index >= 15 is 0 Å². The number of hydrogen-bond acceptors (Lipinski definition) is 3. The molecule has 3 heterocycles. The summed E-state index contributed by atoms with van der Waals surface area (Å²) in [4.78, 5) is 21.2. The van der Waals surface area contributed by atoms with Gasteiger partial charge >= 0.3 is 0 Å². The number of rotatable bonds is 1. The average molecular weight is 258 g/mol. The van der Waals surface area contributed by atoms with Crippen LogP contribution in [0.5, 0.6) is 0 Å². The van der Waals surface area contributed by atoms with Crippen LogP contribution in [0.25, 0.3) is 5.65 Å². The van der Waals surface area contributed by atoms with Crippen LogP contribution in [-0.2, 0) is 0 Å². The lowest BCUT2D eigenvalue weighted by Crippen LogP contribution is -2.47. The Balaban J connectivity index is 1.93. The standard InChI is InChI=1S/C14H18N4O/c1-11-10-18-5-3-4-12(13(18)15-11)14(19)17-8-6-16(2)7-9-17/h3-5,10H,6-9H2,1-2H3. The molecule has 0 N–H and O–H groups in total. The molecule has 0 unspecified atom stereocenters. The molecule has 0 bridgehead atoms. The quantitative estimate of drug-likeness (QED) is 0.767. The van der Waals surface area contributed by atoms with Crippen LogP contribution >= 0.6 is 0 Å². The summed E-state index contributed by atoms with van der Waals surface area (Å²) < 4.78 is 1.92. The predicted octanol–water partition coefficient (Wildman–Crippen LogP) is 1.03. The van der Waals surface area contributed by atoms with E-state index in [9.17, 15) is 4.79 Å². The van der Waals surface area contributed by atoms with Crippen molar-refractivity contribution in [2.75, 3.05) is 33.2 Å². The van der Waals surface area contributed by atoms with Crippen molar-refractivity contribution in [3.8, 4) is 0 Å². The second-order valence-electron chi connectivity index (χ2n) is 5.13. The predicted molar refractivity (Wildman–Crippen MR) is 73.3 cm³/mol. The summed E-state index contributed by atoms with van der Waals surface area (Å²) in [6.45, 7) is 5.38. The molecule has 5 nitrogen and oxygen atoms in total. The molecule has 1 amide bonds. The van der Waals surface area contributed by atoms with E-state index in [1.807, 2.05) is 40.8 Å². The van der Waals surface area contributed by atoms with Crippen LogP contribution in [0.4, 0.5) is 0 Å². The Labute approximate surface area is 112 Å². The summed E-state index contributed by atoms with van der Waals surface area (Å²) in [7, 11) is 2.08. The number of carbonyl (C=O) groups excluding carboxylic acids is 1. The van der Waals surface area contributed by atoms with E-state index in [1.165, 1.54) is 0 Å². The fourth-order valence-electron chi connectivity index (χ4n) is 2.48. The monoisotopic (exact) mass is 258 g/mol. The Morgan fingerprint density at radius 1 is 1.26 bits per heavy atom. The molecule has 5 heteroatoms. The summed E-state index contributed by atoms with van der Waals surface area (Å²) in [5.74, 6) is 0.0873. The summed E-state index contributed by atoms with van der Waals surface area (Å²) in [5.41, 5.74) is 2.38. The first-order valence-electron chi connectivity index (χ1n) is 6.57. The van der Waals surface area contributed by atoms with Crippen molar-refractivity contribution in [1.29, 1.82) is 0 Å². The van der Waals surface area contributed by atoms with E-state index in [2.05, 4.69) is 16.9 Å². The van der Waals surface area contributed by atoms with Crippen molar-refractivity contribution in [2.45, 2.75) is 6.92 Å². The average Bonchev–Trinajstić information content (AvgIpc) is 2.78. The number of hydrogen-bond donors (Lipinski definition) is 0. The SMILES string of the molecule is Cc1cn2cccc(C(=O)N3CCN(C)CC3)c2n1. The van der Waals surface area contributed by atoms with Gasteiger partial charge in [0.05, 0.1) is 11.3 Å². The molecule has 0 aliphatic carbocycles. The van der Waals surface area contributed by atoms with Crippen molar-refractivity contribution < 1.29 is 4.79 Å². The molecule has 1 aliphatic rings. The number of fused-ring (bicyclic) bond motifs is 1. The number of aryl methyl sites for hydroxylation is 1. The van der Waals surface area contributed by atoms with Crippen molar-refractivity contribution in [2.24, 2.45) is 0 Å². The largest absolute Gasteiger partial charge is 0.336 e. The highest BCUT2D eigenvalue weighted by Crippen LogP contribution is 2.14. The minimum Gasteiger partial charge on any atom is -0.336 e. The zero-order valence-corrected chi connectivity index (χ0v) is 11.3. The highest BCUT2D eigenvalue weighted by atomic mass is 16.2. The van der Waals surface area contributed by atoms with Gasteiger partial charge in [-0.3, -0.25) is 4.79 Å². The van der Waals surface area contributed by atoms with Crippen LogP contribution in [0, 0.1) is 6.92 Å². The van der Waals surface area contributed by atoms with E-state index in [-0.39, 0.29) is 5.91 Å². The Kier molecular flexibility index (Phi) is 2.98. The molecule has 0 spiro atoms. The number of carbonyl (C=O) groups is 1. The number of imidazole rings is 1. The minimum atomic E-state index is 0.0873. The molecule has 0 aromatic carbocycles. The number of piperazine rings is 1. The maximum atomic E-state index is 12.6. The molecule has 1 fully saturated rings. The van der Waals surface area contributed by atoms with Gasteiger partial charge in [0.25, 0.3) is 5.91 Å². The van der Waals surface area contributed by atoms with Crippen molar-refractivity contribution >= 4 is 11.6 Å². The van der Waals surface area contributed by atoms with Gasteiger partial charge in [0.1, 0.15) is 5.65 Å². The van der Waals surface area contributed by atoms with Crippen LogP contribution in [0.15, 0.2) is 24.5 Å². The second-order valence-corrected chi connectivity index (χ2v) is 5.13. The maximum absolute atomic E-state index is 12.6. The molecular weight excluding hydrogens is 240 g/mol. The van der Waals surface area contributed by atoms with Crippen LogP contribution in [-0.4, -0.2) is 58.3 Å². The lowest BCUT2D eigenvalue weighted by Gasteiger charge is -2.32. The van der Waals surface area contributed by atoms with E-state index < -0.39 is 0 Å². The molecule has 0 radical (unpaired) electrons. The summed E-state index contributed by atoms with van der Waals surface area (Å²) in [6.07, 6.45) is 3.87. The van der Waals surface area contributed by atoms with Gasteiger partial charge in [0.2, 0.25) is 0 Å². The molecule has 100 valence electrons. The summed E-state index contributed by atoms with van der Waals surface area (Å²) in [5, 5.41) is 0. The Morgan fingerprint density at radius 3 is 2.74 bits per heavy atom. The van der Waals surface area contributed by atoms with E-state index in [4.69, 9.17) is 0 Å². The topological polar surface area (TPSA) is 40.9 Å². The van der Waals surface area contributed by atoms with E-state index in [0.717, 1.165) is 37.5 Å². The van der Waals surface area contributed by atoms with E-state index in [1.54, 1.807) is 0 Å². The smallest absolute Gasteiger partial charge is 0.257 e. The van der Waals surface area contributed by atoms with Crippen molar-refractivity contribution in [3.63, 3.8) is 0 Å². The van der Waals surface area contributed by atoms with Gasteiger partial charge in [-0.1, -0.05) is 0 Å². The molecule has 1 aliphatic heterocycles. The molecule has 2 aromatic rings. The zero-order chi connectivity index (χ0) is 13.4. The molecule has 19 heavy (non-hydrogen) atoms. The number of nitrogens with zero attached hydrogens (tertiary/aromatic N) is 4. The number of amides is 1. The Bertz CT molecular complexity index is 611. The molecule has 1 saturated heterocycles. The second kappa shape index (κ2) is 4.66. The normalized spacial score (nSPS) is 17.1. The minimum absolute atomic E-state index is 0.0873. The first kappa shape index (κ1) is 12.2. The van der Waals surface area contributed by atoms with Crippen molar-refractivity contribution in [1.82, 2.24) is 19.2 Å². The van der Waals surface area contributed by atoms with Gasteiger partial charge in [-0.15, -0.1) is 0 Å². The van der Waals surface area contributed by atoms with Gasteiger partial charge in [-0.2, -0.15) is 0 Å². The Hall–Kier alpha value is -1.88. The van der Waals surface area contributed by atoms with Crippen LogP contribution in [0.1, 0.15) is 16.1 Å². The fraction of sp³-hybridized carbons (Fsp3) is 0.429. The lowest BCUT2D eigenvalue weighted by atomic mass is 10.2. The van der Waals surface area contributed by atoms with Gasteiger partial charge in [-0.05, 0) is 26.1 Å². The highest BCUT2D eigenvalue weighted by molar-refractivity contribution is 5.99. The van der Waals surface area contributed by atoms with Crippen LogP contribution in [0.2, 0.25) is 0 Å². The van der Waals surface area contributed by atoms with E-state index in [0.29, 0.717) is 5.56 Å². The fourth-order valence-corrected chi connectivity index (χ4v) is 2.48. The van der Waals surface area contributed by atoms with Crippen molar-refractivity contribution in [3.05, 3.63) is 35.8 Å². The summed E-state index contributed by atoms with van der Waals surface area (Å²) in [6, 6.07) is 3.76. The lowest BCUT2D eigenvalue weighted by molar-refractivity contribution is 0.0665. The van der Waals surface area contributed by atoms with Gasteiger partial charge in [-0.25, -0.2) is 4.98 Å². The molecule has 0 atom stereocenters. The highest BCUT2D eigenvalue weighted by Gasteiger charge is 2.22. The van der Waals surface area contributed by atoms with Gasteiger partial charge < -0.3 is 14.2 Å². The molecule has 3 rings (SSSR count). The number of pyridine rings is 1. The molecular formula is C14H18N4O. The number of likely N-dealkylation sites (N-methyl/N-ethyl adjacent to an activating group) is 1. The van der Waals surface area contributed by atoms with Gasteiger partial charge in [0.15, 0.2) is 0 Å².